The van der Waals surface area contributed by atoms with Crippen molar-refractivity contribution >= 4 is 38.3 Å². The second-order valence-corrected chi connectivity index (χ2v) is 9.97. The molecule has 1 atom stereocenters. The number of aromatic nitrogens is 2. The molecule has 30 heavy (non-hydrogen) atoms. The van der Waals surface area contributed by atoms with E-state index in [1.165, 1.54) is 31.7 Å². The Balaban J connectivity index is 1.52. The summed E-state index contributed by atoms with van der Waals surface area (Å²) < 4.78 is 33.6. The van der Waals surface area contributed by atoms with Crippen LogP contribution in [0.2, 0.25) is 5.02 Å². The number of hydrogen-bond acceptors (Lipinski definition) is 6. The number of anilines is 1. The van der Waals surface area contributed by atoms with E-state index < -0.39 is 10.0 Å². The lowest BCUT2D eigenvalue weighted by Crippen LogP contribution is -2.28. The lowest BCUT2D eigenvalue weighted by Gasteiger charge is -2.19. The number of halogens is 1. The third kappa shape index (κ3) is 4.61. The van der Waals surface area contributed by atoms with Gasteiger partial charge in [0.05, 0.1) is 10.7 Å². The van der Waals surface area contributed by atoms with Gasteiger partial charge >= 0.3 is 0 Å². The highest BCUT2D eigenvalue weighted by molar-refractivity contribution is 7.93. The molecule has 0 aliphatic heterocycles. The maximum atomic E-state index is 13.1. The monoisotopic (exact) mass is 448 g/mol. The van der Waals surface area contributed by atoms with Crippen LogP contribution < -0.4 is 10.0 Å². The quantitative estimate of drug-likeness (QED) is 0.516. The van der Waals surface area contributed by atoms with E-state index in [0.717, 1.165) is 17.9 Å². The van der Waals surface area contributed by atoms with Crippen LogP contribution in [0.15, 0.2) is 45.9 Å². The van der Waals surface area contributed by atoms with Gasteiger partial charge in [0.1, 0.15) is 10.4 Å². The smallest absolute Gasteiger partial charge is 0.265 e. The van der Waals surface area contributed by atoms with Crippen molar-refractivity contribution < 1.29 is 13.0 Å². The van der Waals surface area contributed by atoms with Crippen LogP contribution in [0.4, 0.5) is 5.69 Å². The number of nitrogens with one attached hydrogen (secondary N) is 2. The van der Waals surface area contributed by atoms with Gasteiger partial charge in [-0.3, -0.25) is 4.72 Å². The highest BCUT2D eigenvalue weighted by Gasteiger charge is 2.25. The summed E-state index contributed by atoms with van der Waals surface area (Å²) in [7, 11) is -3.99. The van der Waals surface area contributed by atoms with E-state index in [1.54, 1.807) is 18.2 Å². The van der Waals surface area contributed by atoms with E-state index in [0.29, 0.717) is 23.8 Å². The molecule has 0 spiro atoms. The first-order valence-corrected chi connectivity index (χ1v) is 12.0. The lowest BCUT2D eigenvalue weighted by atomic mass is 9.99. The molecule has 9 heteroatoms. The number of rotatable bonds is 8. The summed E-state index contributed by atoms with van der Waals surface area (Å²) in [6.45, 7) is 2.75. The van der Waals surface area contributed by atoms with Crippen molar-refractivity contribution in [3.05, 3.63) is 47.0 Å². The van der Waals surface area contributed by atoms with Crippen molar-refractivity contribution in [2.75, 3.05) is 4.72 Å². The van der Waals surface area contributed by atoms with E-state index in [4.69, 9.17) is 11.6 Å². The Bertz CT molecular complexity index is 1130. The fraction of sp³-hybridized carbons (Fsp3) is 0.429. The van der Waals surface area contributed by atoms with Crippen LogP contribution in [0.25, 0.3) is 11.0 Å². The van der Waals surface area contributed by atoms with E-state index in [2.05, 4.69) is 31.9 Å². The molecule has 0 bridgehead atoms. The molecule has 1 fully saturated rings. The van der Waals surface area contributed by atoms with Crippen LogP contribution >= 0.6 is 11.6 Å². The molecule has 1 aliphatic carbocycles. The second kappa shape index (κ2) is 8.91. The average Bonchev–Trinajstić information content (AvgIpc) is 3.38. The van der Waals surface area contributed by atoms with Crippen LogP contribution in [0.5, 0.6) is 0 Å². The van der Waals surface area contributed by atoms with Crippen LogP contribution in [0.1, 0.15) is 44.6 Å². The predicted molar refractivity (Wildman–Crippen MR) is 117 cm³/mol. The zero-order chi connectivity index (χ0) is 21.1. The van der Waals surface area contributed by atoms with Crippen molar-refractivity contribution in [3.8, 4) is 0 Å². The third-order valence-electron chi connectivity index (χ3n) is 5.67. The Morgan fingerprint density at radius 3 is 2.73 bits per heavy atom. The summed E-state index contributed by atoms with van der Waals surface area (Å²) in [5.74, 6) is 0.792. The lowest BCUT2D eigenvalue weighted by molar-refractivity contribution is 0.315. The molecule has 0 radical (unpaired) electrons. The Morgan fingerprint density at radius 2 is 1.93 bits per heavy atom. The number of hydrogen-bond donors (Lipinski definition) is 2. The van der Waals surface area contributed by atoms with Crippen molar-refractivity contribution in [2.24, 2.45) is 5.92 Å². The van der Waals surface area contributed by atoms with Crippen molar-refractivity contribution in [3.63, 3.8) is 0 Å². The fourth-order valence-corrected chi connectivity index (χ4v) is 5.91. The summed E-state index contributed by atoms with van der Waals surface area (Å²) in [5.41, 5.74) is 1.80. The SMILES string of the molecule is C[C@@H](CC1CCCC1)NCc1ccccc1NS(=O)(=O)c1c(Cl)ccc2nonc12. The molecule has 2 N–H and O–H groups in total. The standard InChI is InChI=1S/C21H25ClN4O3S/c1-14(12-15-6-2-3-7-15)23-13-16-8-4-5-9-18(16)26-30(27,28)21-17(22)10-11-19-20(21)25-29-24-19/h4-5,8-11,14-15,23,26H,2-3,6-7,12-13H2,1H3/t14-/m0/s1. The summed E-state index contributed by atoms with van der Waals surface area (Å²) in [4.78, 5) is -0.139. The van der Waals surface area contributed by atoms with Crippen LogP contribution in [0, 0.1) is 5.92 Å². The summed E-state index contributed by atoms with van der Waals surface area (Å²) >= 11 is 6.19. The van der Waals surface area contributed by atoms with E-state index >= 15 is 0 Å². The Labute approximate surface area is 181 Å². The highest BCUT2D eigenvalue weighted by atomic mass is 35.5. The number of nitrogens with zero attached hydrogens (tertiary/aromatic N) is 2. The minimum atomic E-state index is -3.99. The molecule has 7 nitrogen and oxygen atoms in total. The first-order valence-electron chi connectivity index (χ1n) is 10.2. The van der Waals surface area contributed by atoms with Crippen molar-refractivity contribution in [1.82, 2.24) is 15.6 Å². The van der Waals surface area contributed by atoms with Gasteiger partial charge in [0.15, 0.2) is 5.52 Å². The minimum Gasteiger partial charge on any atom is -0.310 e. The molecule has 2 aromatic carbocycles. The third-order valence-corrected chi connectivity index (χ3v) is 7.53. The molecule has 3 aromatic rings. The topological polar surface area (TPSA) is 97.1 Å². The molecule has 0 saturated heterocycles. The predicted octanol–water partition coefficient (Wildman–Crippen LogP) is 4.74. The first-order chi connectivity index (χ1) is 14.4. The average molecular weight is 449 g/mol. The minimum absolute atomic E-state index is 0.0616. The number of sulfonamides is 1. The van der Waals surface area contributed by atoms with Gasteiger partial charge in [-0.25, -0.2) is 13.0 Å². The molecular formula is C21H25ClN4O3S. The number of benzene rings is 2. The Morgan fingerprint density at radius 1 is 1.17 bits per heavy atom. The Kier molecular flexibility index (Phi) is 6.26. The van der Waals surface area contributed by atoms with Gasteiger partial charge < -0.3 is 5.32 Å². The van der Waals surface area contributed by atoms with Gasteiger partial charge in [-0.15, -0.1) is 0 Å². The normalized spacial score (nSPS) is 16.2. The Hall–Kier alpha value is -2.16. The fourth-order valence-electron chi connectivity index (χ4n) is 4.14. The highest BCUT2D eigenvalue weighted by Crippen LogP contribution is 2.31. The van der Waals surface area contributed by atoms with Gasteiger partial charge in [-0.1, -0.05) is 55.5 Å². The summed E-state index contributed by atoms with van der Waals surface area (Å²) in [6.07, 6.45) is 6.43. The van der Waals surface area contributed by atoms with Crippen LogP contribution in [-0.4, -0.2) is 24.8 Å². The van der Waals surface area contributed by atoms with Crippen molar-refractivity contribution in [2.45, 2.75) is 56.5 Å². The molecule has 1 aromatic heterocycles. The number of fused-ring (bicyclic) bond motifs is 1. The number of para-hydroxylation sites is 1. The van der Waals surface area contributed by atoms with Gasteiger partial charge in [-0.05, 0) is 53.3 Å². The molecule has 1 saturated carbocycles. The van der Waals surface area contributed by atoms with Gasteiger partial charge in [-0.2, -0.15) is 0 Å². The first kappa shape index (κ1) is 21.1. The molecule has 1 heterocycles. The molecular weight excluding hydrogens is 424 g/mol. The zero-order valence-electron chi connectivity index (χ0n) is 16.8. The van der Waals surface area contributed by atoms with Gasteiger partial charge in [0, 0.05) is 12.6 Å². The molecule has 0 amide bonds. The molecule has 4 rings (SSSR count). The van der Waals surface area contributed by atoms with Gasteiger partial charge in [0.2, 0.25) is 0 Å². The molecule has 160 valence electrons. The van der Waals surface area contributed by atoms with E-state index in [9.17, 15) is 8.42 Å². The maximum Gasteiger partial charge on any atom is 0.265 e. The van der Waals surface area contributed by atoms with E-state index in [-0.39, 0.29) is 15.4 Å². The molecule has 1 aliphatic rings. The summed E-state index contributed by atoms with van der Waals surface area (Å²) in [6, 6.07) is 10.7. The van der Waals surface area contributed by atoms with Crippen LogP contribution in [0.3, 0.4) is 0 Å². The maximum absolute atomic E-state index is 13.1. The molecule has 0 unspecified atom stereocenters. The largest absolute Gasteiger partial charge is 0.310 e. The summed E-state index contributed by atoms with van der Waals surface area (Å²) in [5, 5.41) is 11.0. The zero-order valence-corrected chi connectivity index (χ0v) is 18.3. The van der Waals surface area contributed by atoms with E-state index in [1.807, 2.05) is 12.1 Å². The van der Waals surface area contributed by atoms with Crippen molar-refractivity contribution in [1.29, 1.82) is 0 Å². The van der Waals surface area contributed by atoms with Gasteiger partial charge in [0.25, 0.3) is 10.0 Å². The van der Waals surface area contributed by atoms with Crippen LogP contribution in [-0.2, 0) is 16.6 Å². The second-order valence-electron chi connectivity index (χ2n) is 7.94.